The van der Waals surface area contributed by atoms with Crippen LogP contribution in [-0.2, 0) is 4.79 Å². The summed E-state index contributed by atoms with van der Waals surface area (Å²) in [4.78, 5) is 26.1. The van der Waals surface area contributed by atoms with Crippen molar-refractivity contribution in [1.82, 2.24) is 10.2 Å². The Labute approximate surface area is 152 Å². The third-order valence-electron chi connectivity index (χ3n) is 3.89. The molecule has 8 heteroatoms. The van der Waals surface area contributed by atoms with Gasteiger partial charge in [0, 0.05) is 5.56 Å². The number of nitrogens with one attached hydrogen (secondary N) is 1. The number of ether oxygens (including phenoxy) is 2. The number of halogens is 1. The topological polar surface area (TPSA) is 67.9 Å². The summed E-state index contributed by atoms with van der Waals surface area (Å²) in [6.07, 6.45) is 1.53. The lowest BCUT2D eigenvalue weighted by atomic mass is 10.1. The first kappa shape index (κ1) is 16.2. The van der Waals surface area contributed by atoms with Crippen molar-refractivity contribution < 1.29 is 23.5 Å². The molecule has 0 spiro atoms. The molecule has 2 aromatic rings. The minimum Gasteiger partial charge on any atom is -0.454 e. The van der Waals surface area contributed by atoms with Gasteiger partial charge in [-0.25, -0.2) is 9.29 Å². The summed E-state index contributed by atoms with van der Waals surface area (Å²) in [6, 6.07) is 10.2. The van der Waals surface area contributed by atoms with E-state index in [0.29, 0.717) is 17.1 Å². The molecule has 2 aliphatic heterocycles. The molecule has 0 saturated carbocycles. The van der Waals surface area contributed by atoms with Crippen LogP contribution < -0.4 is 14.8 Å². The van der Waals surface area contributed by atoms with Crippen LogP contribution in [0.4, 0.5) is 4.39 Å². The zero-order valence-corrected chi connectivity index (χ0v) is 14.0. The number of hydrogen-bond acceptors (Lipinski definition) is 5. The van der Waals surface area contributed by atoms with Crippen molar-refractivity contribution in [3.05, 3.63) is 65.1 Å². The fourth-order valence-electron chi connectivity index (χ4n) is 2.64. The standard InChI is InChI=1S/C18H11FN2O4S/c19-12-4-2-11(3-5-12)17(23)21-13(16(22)20-18(21)26)7-10-1-6-14-15(8-10)25-9-24-14/h1-8H,9H2,(H,20,22,26)/b13-7-. The Morgan fingerprint density at radius 2 is 1.88 bits per heavy atom. The minimum absolute atomic E-state index is 0.0312. The molecule has 2 amide bonds. The van der Waals surface area contributed by atoms with Gasteiger partial charge in [0.05, 0.1) is 0 Å². The van der Waals surface area contributed by atoms with E-state index < -0.39 is 17.6 Å². The second-order valence-electron chi connectivity index (χ2n) is 5.55. The van der Waals surface area contributed by atoms with Gasteiger partial charge in [-0.1, -0.05) is 6.07 Å². The smallest absolute Gasteiger partial charge is 0.274 e. The fraction of sp³-hybridized carbons (Fsp3) is 0.0556. The van der Waals surface area contributed by atoms with E-state index >= 15 is 0 Å². The summed E-state index contributed by atoms with van der Waals surface area (Å²) < 4.78 is 23.7. The number of benzene rings is 2. The number of hydrogen-bond donors (Lipinski definition) is 1. The third-order valence-corrected chi connectivity index (χ3v) is 4.18. The molecule has 6 nitrogen and oxygen atoms in total. The maximum Gasteiger partial charge on any atom is 0.274 e. The molecule has 0 atom stereocenters. The predicted molar refractivity (Wildman–Crippen MR) is 93.9 cm³/mol. The highest BCUT2D eigenvalue weighted by atomic mass is 32.1. The highest BCUT2D eigenvalue weighted by molar-refractivity contribution is 7.80. The highest BCUT2D eigenvalue weighted by Gasteiger charge is 2.35. The van der Waals surface area contributed by atoms with Gasteiger partial charge in [0.15, 0.2) is 16.6 Å². The summed E-state index contributed by atoms with van der Waals surface area (Å²) in [5, 5.41) is 2.42. The zero-order valence-electron chi connectivity index (χ0n) is 13.2. The van der Waals surface area contributed by atoms with Crippen LogP contribution in [0.2, 0.25) is 0 Å². The average molecular weight is 370 g/mol. The Hall–Kier alpha value is -3.26. The molecule has 1 fully saturated rings. The van der Waals surface area contributed by atoms with Crippen molar-refractivity contribution in [3.63, 3.8) is 0 Å². The maximum absolute atomic E-state index is 13.1. The second-order valence-corrected chi connectivity index (χ2v) is 5.94. The van der Waals surface area contributed by atoms with Crippen LogP contribution >= 0.6 is 12.2 Å². The van der Waals surface area contributed by atoms with Crippen LogP contribution in [0.1, 0.15) is 15.9 Å². The van der Waals surface area contributed by atoms with E-state index in [2.05, 4.69) is 5.32 Å². The summed E-state index contributed by atoms with van der Waals surface area (Å²) in [6.45, 7) is 0.134. The van der Waals surface area contributed by atoms with Crippen LogP contribution in [0.5, 0.6) is 11.5 Å². The number of rotatable bonds is 2. The van der Waals surface area contributed by atoms with Crippen LogP contribution in [-0.4, -0.2) is 28.6 Å². The number of carbonyl (C=O) groups excluding carboxylic acids is 2. The molecular formula is C18H11FN2O4S. The van der Waals surface area contributed by atoms with Gasteiger partial charge >= 0.3 is 0 Å². The van der Waals surface area contributed by atoms with E-state index in [1.807, 2.05) is 0 Å². The number of amides is 2. The lowest BCUT2D eigenvalue weighted by Crippen LogP contribution is -2.33. The highest BCUT2D eigenvalue weighted by Crippen LogP contribution is 2.33. The van der Waals surface area contributed by atoms with E-state index in [9.17, 15) is 14.0 Å². The van der Waals surface area contributed by atoms with Gasteiger partial charge in [-0.15, -0.1) is 0 Å². The van der Waals surface area contributed by atoms with Crippen molar-refractivity contribution in [3.8, 4) is 11.5 Å². The van der Waals surface area contributed by atoms with Gasteiger partial charge in [-0.2, -0.15) is 0 Å². The second kappa shape index (κ2) is 6.23. The molecule has 4 rings (SSSR count). The van der Waals surface area contributed by atoms with Crippen LogP contribution in [0.3, 0.4) is 0 Å². The molecule has 26 heavy (non-hydrogen) atoms. The molecule has 2 aliphatic rings. The lowest BCUT2D eigenvalue weighted by molar-refractivity contribution is -0.115. The van der Waals surface area contributed by atoms with E-state index in [0.717, 1.165) is 4.90 Å². The number of fused-ring (bicyclic) bond motifs is 1. The SMILES string of the molecule is O=C1NC(=S)N(C(=O)c2ccc(F)cc2)/C1=C\c1ccc2c(c1)OCO2. The Morgan fingerprint density at radius 3 is 2.65 bits per heavy atom. The quantitative estimate of drug-likeness (QED) is 0.650. The molecule has 130 valence electrons. The van der Waals surface area contributed by atoms with Crippen molar-refractivity contribution in [2.75, 3.05) is 6.79 Å². The van der Waals surface area contributed by atoms with Gasteiger partial charge < -0.3 is 9.47 Å². The third kappa shape index (κ3) is 2.80. The summed E-state index contributed by atoms with van der Waals surface area (Å²) in [5.74, 6) is -0.325. The molecule has 2 heterocycles. The number of nitrogens with zero attached hydrogens (tertiary/aromatic N) is 1. The maximum atomic E-state index is 13.1. The van der Waals surface area contributed by atoms with Gasteiger partial charge in [-0.05, 0) is 60.3 Å². The molecule has 0 aromatic heterocycles. The molecule has 2 aromatic carbocycles. The average Bonchev–Trinajstić information content (AvgIpc) is 3.19. The van der Waals surface area contributed by atoms with Gasteiger partial charge in [-0.3, -0.25) is 14.9 Å². The zero-order chi connectivity index (χ0) is 18.3. The largest absolute Gasteiger partial charge is 0.454 e. The molecule has 0 aliphatic carbocycles. The van der Waals surface area contributed by atoms with Gasteiger partial charge in [0.25, 0.3) is 11.8 Å². The molecule has 0 bridgehead atoms. The van der Waals surface area contributed by atoms with Crippen molar-refractivity contribution in [2.45, 2.75) is 0 Å². The van der Waals surface area contributed by atoms with Crippen LogP contribution in [0.15, 0.2) is 48.2 Å². The molecule has 0 unspecified atom stereocenters. The van der Waals surface area contributed by atoms with Gasteiger partial charge in [0.1, 0.15) is 11.5 Å². The van der Waals surface area contributed by atoms with Crippen molar-refractivity contribution in [2.24, 2.45) is 0 Å². The first-order valence-electron chi connectivity index (χ1n) is 7.59. The normalized spacial score (nSPS) is 17.0. The van der Waals surface area contributed by atoms with E-state index in [4.69, 9.17) is 21.7 Å². The minimum atomic E-state index is -0.527. The molecule has 0 radical (unpaired) electrons. The summed E-state index contributed by atoms with van der Waals surface area (Å²) in [7, 11) is 0. The monoisotopic (exact) mass is 370 g/mol. The Morgan fingerprint density at radius 1 is 1.15 bits per heavy atom. The Balaban J connectivity index is 1.71. The van der Waals surface area contributed by atoms with Crippen molar-refractivity contribution in [1.29, 1.82) is 0 Å². The van der Waals surface area contributed by atoms with E-state index in [-0.39, 0.29) is 23.2 Å². The Kier molecular flexibility index (Phi) is 3.89. The summed E-state index contributed by atoms with van der Waals surface area (Å²) in [5.41, 5.74) is 0.922. The number of thiocarbonyl (C=S) groups is 1. The first-order chi connectivity index (χ1) is 12.5. The molecular weight excluding hydrogens is 359 g/mol. The van der Waals surface area contributed by atoms with Gasteiger partial charge in [0.2, 0.25) is 6.79 Å². The lowest BCUT2D eigenvalue weighted by Gasteiger charge is -2.15. The Bertz CT molecular complexity index is 972. The van der Waals surface area contributed by atoms with Crippen LogP contribution in [0, 0.1) is 5.82 Å². The van der Waals surface area contributed by atoms with Crippen molar-refractivity contribution >= 4 is 35.2 Å². The van der Waals surface area contributed by atoms with Crippen LogP contribution in [0.25, 0.3) is 6.08 Å². The molecule has 1 N–H and O–H groups in total. The van der Waals surface area contributed by atoms with E-state index in [1.165, 1.54) is 30.3 Å². The molecule has 1 saturated heterocycles. The predicted octanol–water partition coefficient (Wildman–Crippen LogP) is 2.45. The summed E-state index contributed by atoms with van der Waals surface area (Å²) >= 11 is 5.11. The first-order valence-corrected chi connectivity index (χ1v) is 8.00. The fourth-order valence-corrected chi connectivity index (χ4v) is 2.92. The van der Waals surface area contributed by atoms with E-state index in [1.54, 1.807) is 18.2 Å². The number of carbonyl (C=O) groups is 2.